The van der Waals surface area contributed by atoms with E-state index < -0.39 is 0 Å². The third-order valence-corrected chi connectivity index (χ3v) is 26.2. The van der Waals surface area contributed by atoms with E-state index in [1.807, 2.05) is 0 Å². The SMILES string of the molecule is C=CC[N+]1([C@H]2C[C@H]3[C@@H]4CC[C@H]5C[C@H](O)[C@@H](N6CCOCC6)C[C@]5(C)[C@H]4CC[C@]3(C)[C@H]2OC(C)=O)CCCC1.C=CC[N+]1([C@H]2C[C@H]3[C@@H]4CC[C@H]5C[C@H](O)[C@@H](N6CCOCC6)C[C@]5(C)[C@H]4CC[C@]3(C)[C@H]2OC(C)=O)CCCC1. The monoisotopic (exact) mass is 1060 g/mol. The molecule has 12 fully saturated rings. The summed E-state index contributed by atoms with van der Waals surface area (Å²) < 4.78 is 26.2. The molecule has 12 heteroatoms. The van der Waals surface area contributed by atoms with Gasteiger partial charge in [-0.25, -0.2) is 0 Å². The summed E-state index contributed by atoms with van der Waals surface area (Å²) in [6.45, 7) is 35.5. The van der Waals surface area contributed by atoms with Gasteiger partial charge in [-0.05, 0) is 147 Å². The van der Waals surface area contributed by atoms with Crippen LogP contribution in [0.25, 0.3) is 0 Å². The minimum atomic E-state index is -0.209. The number of morpholine rings is 2. The Morgan fingerprint density at radius 1 is 0.553 bits per heavy atom. The highest BCUT2D eigenvalue weighted by Gasteiger charge is 2.70. The van der Waals surface area contributed by atoms with Crippen molar-refractivity contribution in [3.05, 3.63) is 25.3 Å². The fourth-order valence-electron chi connectivity index (χ4n) is 22.6. The molecule has 12 nitrogen and oxygen atoms in total. The van der Waals surface area contributed by atoms with Crippen LogP contribution in [-0.2, 0) is 28.5 Å². The van der Waals surface area contributed by atoms with Gasteiger partial charge in [0, 0.05) is 101 Å². The average Bonchev–Trinajstić information content (AvgIpc) is 4.28. The standard InChI is InChI=1S/2C32H53N2O4/c2*1-5-14-34(15-6-7-16-34)28-20-26-24-9-8-23-19-29(36)27(33-12-17-37-18-13-33)21-32(23,4)25(24)10-11-31(26,3)30(28)38-22(2)35/h2*5,23-30,36H,1,6-21H2,2-4H3/q2*+1/t2*23-,24+,25-,26-,27-,28-,29-,30-,31-,32-/m00/s1. The summed E-state index contributed by atoms with van der Waals surface area (Å²) in [4.78, 5) is 30.0. The summed E-state index contributed by atoms with van der Waals surface area (Å²) in [5.41, 5.74) is 0.686. The first-order valence-corrected chi connectivity index (χ1v) is 31.7. The van der Waals surface area contributed by atoms with Crippen LogP contribution in [0.4, 0.5) is 0 Å². The van der Waals surface area contributed by atoms with E-state index in [1.165, 1.54) is 103 Å². The number of aliphatic hydroxyl groups excluding tert-OH is 2. The van der Waals surface area contributed by atoms with Gasteiger partial charge in [0.25, 0.3) is 0 Å². The minimum Gasteiger partial charge on any atom is -0.456 e. The molecule has 4 heterocycles. The molecule has 4 aliphatic heterocycles. The van der Waals surface area contributed by atoms with Crippen molar-refractivity contribution >= 4 is 11.9 Å². The molecule has 2 N–H and O–H groups in total. The lowest BCUT2D eigenvalue weighted by atomic mass is 9.44. The molecule has 0 unspecified atom stereocenters. The van der Waals surface area contributed by atoms with Crippen LogP contribution in [0.1, 0.15) is 157 Å². The number of nitrogens with zero attached hydrogens (tertiary/aromatic N) is 4. The summed E-state index contributed by atoms with van der Waals surface area (Å²) in [6.07, 6.45) is 25.3. The summed E-state index contributed by atoms with van der Waals surface area (Å²) in [6, 6.07) is 1.33. The van der Waals surface area contributed by atoms with E-state index in [9.17, 15) is 19.8 Å². The molecule has 4 saturated heterocycles. The van der Waals surface area contributed by atoms with Gasteiger partial charge in [0.2, 0.25) is 0 Å². The molecular formula is C64H106N4O8+2. The average molecular weight is 1060 g/mol. The first kappa shape index (κ1) is 56.0. The largest absolute Gasteiger partial charge is 0.456 e. The highest BCUT2D eigenvalue weighted by Crippen LogP contribution is 2.70. The van der Waals surface area contributed by atoms with Gasteiger partial charge in [-0.1, -0.05) is 40.9 Å². The van der Waals surface area contributed by atoms with Crippen molar-refractivity contribution in [1.82, 2.24) is 9.80 Å². The Hall–Kier alpha value is -1.90. The van der Waals surface area contributed by atoms with Crippen LogP contribution in [0.5, 0.6) is 0 Å². The van der Waals surface area contributed by atoms with Crippen molar-refractivity contribution in [2.75, 3.05) is 91.9 Å². The van der Waals surface area contributed by atoms with E-state index in [2.05, 4.69) is 62.8 Å². The minimum absolute atomic E-state index is 0.0174. The summed E-state index contributed by atoms with van der Waals surface area (Å²) in [5.74, 6) is 5.08. The van der Waals surface area contributed by atoms with Crippen LogP contribution in [0, 0.1) is 69.0 Å². The molecule has 20 atom stereocenters. The Morgan fingerprint density at radius 3 is 1.26 bits per heavy atom. The highest BCUT2D eigenvalue weighted by molar-refractivity contribution is 5.66. The molecule has 0 aromatic rings. The number of carbonyl (C=O) groups excluding carboxylic acids is 2. The number of hydrogen-bond acceptors (Lipinski definition) is 10. The summed E-state index contributed by atoms with van der Waals surface area (Å²) >= 11 is 0. The molecule has 12 aliphatic rings. The zero-order chi connectivity index (χ0) is 53.4. The van der Waals surface area contributed by atoms with Crippen LogP contribution in [0.2, 0.25) is 0 Å². The molecule has 0 radical (unpaired) electrons. The van der Waals surface area contributed by atoms with Gasteiger partial charge < -0.3 is 38.1 Å². The fraction of sp³-hybridized carbons (Fsp3) is 0.906. The second kappa shape index (κ2) is 21.8. The summed E-state index contributed by atoms with van der Waals surface area (Å²) in [7, 11) is 0. The third kappa shape index (κ3) is 9.48. The molecule has 0 bridgehead atoms. The highest BCUT2D eigenvalue weighted by atomic mass is 16.6. The molecule has 0 spiro atoms. The number of likely N-dealkylation sites (tertiary alicyclic amines) is 2. The maximum absolute atomic E-state index is 12.5. The maximum Gasteiger partial charge on any atom is 0.303 e. The fourth-order valence-corrected chi connectivity index (χ4v) is 22.6. The lowest BCUT2D eigenvalue weighted by molar-refractivity contribution is -0.937. The molecule has 0 aromatic heterocycles. The van der Waals surface area contributed by atoms with E-state index in [0.717, 1.165) is 113 Å². The third-order valence-electron chi connectivity index (χ3n) is 26.2. The predicted molar refractivity (Wildman–Crippen MR) is 297 cm³/mol. The van der Waals surface area contributed by atoms with E-state index in [1.54, 1.807) is 13.8 Å². The predicted octanol–water partition coefficient (Wildman–Crippen LogP) is 8.82. The van der Waals surface area contributed by atoms with Gasteiger partial charge in [0.15, 0.2) is 12.2 Å². The second-order valence-corrected chi connectivity index (χ2v) is 29.2. The second-order valence-electron chi connectivity index (χ2n) is 29.2. The first-order valence-electron chi connectivity index (χ1n) is 31.7. The number of aliphatic hydroxyl groups is 2. The van der Waals surface area contributed by atoms with Crippen LogP contribution in [0.15, 0.2) is 25.3 Å². The Morgan fingerprint density at radius 2 is 0.921 bits per heavy atom. The lowest BCUT2D eigenvalue weighted by Crippen LogP contribution is -2.61. The van der Waals surface area contributed by atoms with Crippen molar-refractivity contribution < 1.29 is 47.7 Å². The van der Waals surface area contributed by atoms with Crippen LogP contribution < -0.4 is 0 Å². The van der Waals surface area contributed by atoms with E-state index >= 15 is 0 Å². The molecule has 0 aromatic carbocycles. The van der Waals surface area contributed by atoms with Crippen LogP contribution in [0.3, 0.4) is 0 Å². The zero-order valence-corrected chi connectivity index (χ0v) is 48.6. The van der Waals surface area contributed by atoms with Gasteiger partial charge in [-0.15, -0.1) is 0 Å². The Kier molecular flexibility index (Phi) is 16.0. The van der Waals surface area contributed by atoms with Gasteiger partial charge in [-0.3, -0.25) is 19.4 Å². The number of ether oxygens (including phenoxy) is 4. The number of fused-ring (bicyclic) bond motifs is 10. The van der Waals surface area contributed by atoms with Crippen molar-refractivity contribution in [3.63, 3.8) is 0 Å². The number of carbonyl (C=O) groups is 2. The van der Waals surface area contributed by atoms with Crippen molar-refractivity contribution in [2.24, 2.45) is 69.0 Å². The molecular weight excluding hydrogens is 953 g/mol. The number of quaternary nitrogens is 2. The topological polar surface area (TPSA) is 118 Å². The van der Waals surface area contributed by atoms with Crippen molar-refractivity contribution in [1.29, 1.82) is 0 Å². The van der Waals surface area contributed by atoms with E-state index in [0.29, 0.717) is 59.4 Å². The number of hydrogen-bond donors (Lipinski definition) is 2. The lowest BCUT2D eigenvalue weighted by Gasteiger charge is -2.62. The van der Waals surface area contributed by atoms with E-state index in [4.69, 9.17) is 18.9 Å². The van der Waals surface area contributed by atoms with Gasteiger partial charge in [0.1, 0.15) is 12.1 Å². The number of esters is 2. The quantitative estimate of drug-likeness (QED) is 0.125. The molecule has 8 saturated carbocycles. The maximum atomic E-state index is 12.5. The van der Waals surface area contributed by atoms with Crippen LogP contribution in [-0.4, -0.2) is 181 Å². The molecule has 0 amide bonds. The summed E-state index contributed by atoms with van der Waals surface area (Å²) in [5, 5.41) is 22.5. The molecule has 428 valence electrons. The molecule has 76 heavy (non-hydrogen) atoms. The smallest absolute Gasteiger partial charge is 0.303 e. The normalized spacial score (nSPS) is 48.5. The molecule has 12 rings (SSSR count). The van der Waals surface area contributed by atoms with Gasteiger partial charge in [0.05, 0.1) is 77.9 Å². The van der Waals surface area contributed by atoms with Crippen molar-refractivity contribution in [2.45, 2.75) is 206 Å². The van der Waals surface area contributed by atoms with Crippen molar-refractivity contribution in [3.8, 4) is 0 Å². The Bertz CT molecular complexity index is 1940. The Labute approximate surface area is 459 Å². The number of rotatable bonds is 10. The zero-order valence-electron chi connectivity index (χ0n) is 48.6. The van der Waals surface area contributed by atoms with Gasteiger partial charge >= 0.3 is 11.9 Å². The Balaban J connectivity index is 0.000000162. The van der Waals surface area contributed by atoms with E-state index in [-0.39, 0.29) is 70.1 Å². The van der Waals surface area contributed by atoms with Gasteiger partial charge in [-0.2, -0.15) is 0 Å². The first-order chi connectivity index (χ1) is 36.4. The molecule has 8 aliphatic carbocycles. The van der Waals surface area contributed by atoms with Crippen LogP contribution >= 0.6 is 0 Å².